The molecule has 2 aliphatic rings. The summed E-state index contributed by atoms with van der Waals surface area (Å²) in [5.41, 5.74) is 2.21. The van der Waals surface area contributed by atoms with Crippen LogP contribution < -0.4 is 15.5 Å². The fraction of sp³-hybridized carbons (Fsp3) is 0.350. The lowest BCUT2D eigenvalue weighted by molar-refractivity contribution is -0.118. The first-order valence-corrected chi connectivity index (χ1v) is 9.30. The average Bonchev–Trinajstić information content (AvgIpc) is 2.72. The summed E-state index contributed by atoms with van der Waals surface area (Å²) in [4.78, 5) is 32.9. The van der Waals surface area contributed by atoms with Gasteiger partial charge in [-0.15, -0.1) is 0 Å². The first-order chi connectivity index (χ1) is 13.6. The van der Waals surface area contributed by atoms with E-state index in [-0.39, 0.29) is 18.0 Å². The van der Waals surface area contributed by atoms with Crippen LogP contribution in [0.5, 0.6) is 0 Å². The molecule has 8 nitrogen and oxygen atoms in total. The van der Waals surface area contributed by atoms with Crippen LogP contribution in [0.3, 0.4) is 0 Å². The van der Waals surface area contributed by atoms with Gasteiger partial charge in [0.2, 0.25) is 5.91 Å². The molecule has 2 N–H and O–H groups in total. The Hall–Kier alpha value is -2.97. The number of fused-ring (bicyclic) bond motifs is 1. The van der Waals surface area contributed by atoms with Crippen molar-refractivity contribution in [2.45, 2.75) is 6.17 Å². The Balaban J connectivity index is 1.42. The average molecular weight is 381 g/mol. The summed E-state index contributed by atoms with van der Waals surface area (Å²) in [6.07, 6.45) is 1.37. The summed E-state index contributed by atoms with van der Waals surface area (Å²) < 4.78 is 5.30. The molecule has 0 aliphatic carbocycles. The van der Waals surface area contributed by atoms with E-state index in [0.717, 1.165) is 24.3 Å². The Bertz CT molecular complexity index is 864. The zero-order chi connectivity index (χ0) is 19.5. The van der Waals surface area contributed by atoms with Crippen LogP contribution in [0.15, 0.2) is 42.6 Å². The molecule has 1 atom stereocenters. The highest BCUT2D eigenvalue weighted by atomic mass is 16.5. The van der Waals surface area contributed by atoms with Gasteiger partial charge in [0.05, 0.1) is 25.3 Å². The lowest BCUT2D eigenvalue weighted by Crippen LogP contribution is -2.45. The van der Waals surface area contributed by atoms with E-state index in [0.29, 0.717) is 31.1 Å². The summed E-state index contributed by atoms with van der Waals surface area (Å²) >= 11 is 0. The molecule has 3 heterocycles. The largest absolute Gasteiger partial charge is 0.379 e. The van der Waals surface area contributed by atoms with Gasteiger partial charge in [-0.25, -0.2) is 4.98 Å². The summed E-state index contributed by atoms with van der Waals surface area (Å²) in [5, 5.41) is 5.91. The fourth-order valence-electron chi connectivity index (χ4n) is 3.49. The van der Waals surface area contributed by atoms with Crippen LogP contribution in [0.4, 0.5) is 11.5 Å². The Kier molecular flexibility index (Phi) is 5.23. The van der Waals surface area contributed by atoms with Gasteiger partial charge in [-0.1, -0.05) is 12.1 Å². The second-order valence-electron chi connectivity index (χ2n) is 6.92. The van der Waals surface area contributed by atoms with Crippen molar-refractivity contribution in [3.63, 3.8) is 0 Å². The SMILES string of the molecule is CN1c2ncccc2C(=O)NC1c1ccc(NC(=O)CN2CCOCC2)cc1. The van der Waals surface area contributed by atoms with E-state index in [1.807, 2.05) is 36.2 Å². The maximum Gasteiger partial charge on any atom is 0.256 e. The van der Waals surface area contributed by atoms with Crippen LogP contribution in [0.1, 0.15) is 22.1 Å². The molecule has 2 aliphatic heterocycles. The molecule has 1 unspecified atom stereocenters. The summed E-state index contributed by atoms with van der Waals surface area (Å²) in [7, 11) is 1.90. The maximum absolute atomic E-state index is 12.4. The molecule has 2 amide bonds. The van der Waals surface area contributed by atoms with Crippen molar-refractivity contribution in [2.75, 3.05) is 50.1 Å². The zero-order valence-corrected chi connectivity index (χ0v) is 15.7. The molecule has 4 rings (SSSR count). The number of aromatic nitrogens is 1. The second kappa shape index (κ2) is 7.95. The van der Waals surface area contributed by atoms with Gasteiger partial charge in [0.15, 0.2) is 0 Å². The van der Waals surface area contributed by atoms with Crippen LogP contribution in [-0.2, 0) is 9.53 Å². The Morgan fingerprint density at radius 1 is 1.25 bits per heavy atom. The van der Waals surface area contributed by atoms with Gasteiger partial charge in [0.25, 0.3) is 5.91 Å². The van der Waals surface area contributed by atoms with Crippen LogP contribution in [-0.4, -0.2) is 61.6 Å². The lowest BCUT2D eigenvalue weighted by atomic mass is 10.1. The number of morpholine rings is 1. The number of hydrogen-bond donors (Lipinski definition) is 2. The normalized spacial score (nSPS) is 19.7. The predicted octanol–water partition coefficient (Wildman–Crippen LogP) is 1.23. The van der Waals surface area contributed by atoms with E-state index in [9.17, 15) is 9.59 Å². The number of anilines is 2. The number of amides is 2. The van der Waals surface area contributed by atoms with Gasteiger partial charge in [-0.3, -0.25) is 14.5 Å². The highest BCUT2D eigenvalue weighted by Crippen LogP contribution is 2.30. The minimum Gasteiger partial charge on any atom is -0.379 e. The Morgan fingerprint density at radius 2 is 2.00 bits per heavy atom. The van der Waals surface area contributed by atoms with Gasteiger partial charge >= 0.3 is 0 Å². The molecule has 2 aromatic rings. The third kappa shape index (κ3) is 3.83. The summed E-state index contributed by atoms with van der Waals surface area (Å²) in [5.74, 6) is 0.462. The minimum atomic E-state index is -0.312. The molecule has 1 saturated heterocycles. The van der Waals surface area contributed by atoms with Gasteiger partial charge in [0.1, 0.15) is 12.0 Å². The predicted molar refractivity (Wildman–Crippen MR) is 105 cm³/mol. The number of carbonyl (C=O) groups is 2. The van der Waals surface area contributed by atoms with Gasteiger partial charge in [-0.05, 0) is 29.8 Å². The first-order valence-electron chi connectivity index (χ1n) is 9.30. The highest BCUT2D eigenvalue weighted by Gasteiger charge is 2.30. The van der Waals surface area contributed by atoms with Crippen LogP contribution >= 0.6 is 0 Å². The molecule has 0 bridgehead atoms. The number of rotatable bonds is 4. The van der Waals surface area contributed by atoms with Crippen LogP contribution in [0, 0.1) is 0 Å². The van der Waals surface area contributed by atoms with E-state index in [2.05, 4.69) is 20.5 Å². The second-order valence-corrected chi connectivity index (χ2v) is 6.92. The van der Waals surface area contributed by atoms with Crippen molar-refractivity contribution in [2.24, 2.45) is 0 Å². The maximum atomic E-state index is 12.4. The van der Waals surface area contributed by atoms with Gasteiger partial charge in [-0.2, -0.15) is 0 Å². The van der Waals surface area contributed by atoms with Crippen molar-refractivity contribution < 1.29 is 14.3 Å². The first kappa shape index (κ1) is 18.4. The van der Waals surface area contributed by atoms with Crippen molar-refractivity contribution in [1.29, 1.82) is 0 Å². The Morgan fingerprint density at radius 3 is 2.75 bits per heavy atom. The van der Waals surface area contributed by atoms with E-state index in [1.54, 1.807) is 18.3 Å². The molecule has 8 heteroatoms. The third-order valence-corrected chi connectivity index (χ3v) is 5.00. The standard InChI is InChI=1S/C20H23N5O3/c1-24-18(23-20(27)16-3-2-8-21-19(16)24)14-4-6-15(7-5-14)22-17(26)13-25-9-11-28-12-10-25/h2-8,18H,9-13H2,1H3,(H,22,26)(H,23,27). The van der Waals surface area contributed by atoms with Crippen molar-refractivity contribution in [1.82, 2.24) is 15.2 Å². The van der Waals surface area contributed by atoms with E-state index in [1.165, 1.54) is 0 Å². The van der Waals surface area contributed by atoms with E-state index >= 15 is 0 Å². The van der Waals surface area contributed by atoms with Crippen molar-refractivity contribution >= 4 is 23.3 Å². The summed E-state index contributed by atoms with van der Waals surface area (Å²) in [6.45, 7) is 3.24. The van der Waals surface area contributed by atoms with Gasteiger partial charge < -0.3 is 20.3 Å². The molecule has 146 valence electrons. The smallest absolute Gasteiger partial charge is 0.256 e. The molecule has 0 saturated carbocycles. The number of nitrogens with one attached hydrogen (secondary N) is 2. The molecule has 1 aromatic carbocycles. The number of hydrogen-bond acceptors (Lipinski definition) is 6. The van der Waals surface area contributed by atoms with E-state index in [4.69, 9.17) is 4.74 Å². The number of pyridine rings is 1. The quantitative estimate of drug-likeness (QED) is 0.829. The molecule has 0 radical (unpaired) electrons. The number of carbonyl (C=O) groups excluding carboxylic acids is 2. The van der Waals surface area contributed by atoms with Crippen LogP contribution in [0.25, 0.3) is 0 Å². The van der Waals surface area contributed by atoms with Crippen molar-refractivity contribution in [3.05, 3.63) is 53.7 Å². The number of ether oxygens (including phenoxy) is 1. The monoisotopic (exact) mass is 381 g/mol. The molecular formula is C20H23N5O3. The van der Waals surface area contributed by atoms with Crippen LogP contribution in [0.2, 0.25) is 0 Å². The minimum absolute atomic E-state index is 0.0455. The van der Waals surface area contributed by atoms with Crippen molar-refractivity contribution in [3.8, 4) is 0 Å². The number of benzene rings is 1. The topological polar surface area (TPSA) is 86.8 Å². The summed E-state index contributed by atoms with van der Waals surface area (Å²) in [6, 6.07) is 11.0. The molecule has 1 fully saturated rings. The van der Waals surface area contributed by atoms with Gasteiger partial charge in [0, 0.05) is 32.0 Å². The fourth-order valence-corrected chi connectivity index (χ4v) is 3.49. The molecule has 0 spiro atoms. The molecular weight excluding hydrogens is 358 g/mol. The number of nitrogens with zero attached hydrogens (tertiary/aromatic N) is 3. The Labute approximate surface area is 163 Å². The zero-order valence-electron chi connectivity index (χ0n) is 15.7. The lowest BCUT2D eigenvalue weighted by Gasteiger charge is -2.35. The molecule has 28 heavy (non-hydrogen) atoms. The van der Waals surface area contributed by atoms with E-state index < -0.39 is 0 Å². The molecule has 1 aromatic heterocycles. The third-order valence-electron chi connectivity index (χ3n) is 5.00. The highest BCUT2D eigenvalue weighted by molar-refractivity contribution is 6.01.